The van der Waals surface area contributed by atoms with Crippen LogP contribution < -0.4 is 5.32 Å². The zero-order valence-electron chi connectivity index (χ0n) is 8.93. The second-order valence-corrected chi connectivity index (χ2v) is 4.75. The molecule has 0 spiro atoms. The van der Waals surface area contributed by atoms with Crippen molar-refractivity contribution in [3.63, 3.8) is 0 Å². The SMILES string of the molecule is CC(NC(=O)OC(C)(C)C)C(F)CBr. The van der Waals surface area contributed by atoms with Crippen LogP contribution in [0.5, 0.6) is 0 Å². The standard InChI is InChI=1S/C9H17BrFNO2/c1-6(7(11)5-10)12-8(13)14-9(2,3)4/h6-7H,5H2,1-4H3,(H,12,13). The highest BCUT2D eigenvalue weighted by Crippen LogP contribution is 2.08. The zero-order chi connectivity index (χ0) is 11.4. The van der Waals surface area contributed by atoms with Gasteiger partial charge in [-0.05, 0) is 27.7 Å². The summed E-state index contributed by atoms with van der Waals surface area (Å²) < 4.78 is 18.0. The van der Waals surface area contributed by atoms with E-state index in [2.05, 4.69) is 21.2 Å². The molecule has 2 atom stereocenters. The molecule has 0 radical (unpaired) electrons. The quantitative estimate of drug-likeness (QED) is 0.800. The first kappa shape index (κ1) is 13.7. The molecule has 0 aliphatic rings. The monoisotopic (exact) mass is 269 g/mol. The van der Waals surface area contributed by atoms with E-state index in [0.717, 1.165) is 0 Å². The minimum atomic E-state index is -1.11. The zero-order valence-corrected chi connectivity index (χ0v) is 10.5. The molecule has 14 heavy (non-hydrogen) atoms. The summed E-state index contributed by atoms with van der Waals surface area (Å²) >= 11 is 3.00. The maximum absolute atomic E-state index is 13.0. The summed E-state index contributed by atoms with van der Waals surface area (Å²) in [6.45, 7) is 6.87. The number of halogens is 2. The lowest BCUT2D eigenvalue weighted by molar-refractivity contribution is 0.0486. The van der Waals surface area contributed by atoms with Gasteiger partial charge in [0.1, 0.15) is 11.8 Å². The highest BCUT2D eigenvalue weighted by Gasteiger charge is 2.21. The second-order valence-electron chi connectivity index (χ2n) is 4.11. The van der Waals surface area contributed by atoms with Gasteiger partial charge in [-0.2, -0.15) is 0 Å². The van der Waals surface area contributed by atoms with Crippen LogP contribution in [0.1, 0.15) is 27.7 Å². The van der Waals surface area contributed by atoms with Crippen molar-refractivity contribution < 1.29 is 13.9 Å². The Morgan fingerprint density at radius 1 is 1.57 bits per heavy atom. The van der Waals surface area contributed by atoms with Gasteiger partial charge in [0.25, 0.3) is 0 Å². The Morgan fingerprint density at radius 2 is 2.07 bits per heavy atom. The number of rotatable bonds is 3. The topological polar surface area (TPSA) is 38.3 Å². The number of amides is 1. The van der Waals surface area contributed by atoms with E-state index in [0.29, 0.717) is 0 Å². The first-order chi connectivity index (χ1) is 6.26. The average Bonchev–Trinajstić information content (AvgIpc) is 1.99. The summed E-state index contributed by atoms with van der Waals surface area (Å²) in [5.74, 6) is 0. The highest BCUT2D eigenvalue weighted by atomic mass is 79.9. The maximum atomic E-state index is 13.0. The Balaban J connectivity index is 3.95. The summed E-state index contributed by atoms with van der Waals surface area (Å²) in [5.41, 5.74) is -0.552. The first-order valence-corrected chi connectivity index (χ1v) is 5.58. The van der Waals surface area contributed by atoms with Crippen molar-refractivity contribution in [3.8, 4) is 0 Å². The largest absolute Gasteiger partial charge is 0.444 e. The van der Waals surface area contributed by atoms with Crippen LogP contribution in [0.25, 0.3) is 0 Å². The summed E-state index contributed by atoms with van der Waals surface area (Å²) in [4.78, 5) is 11.2. The van der Waals surface area contributed by atoms with Crippen molar-refractivity contribution in [3.05, 3.63) is 0 Å². The van der Waals surface area contributed by atoms with Gasteiger partial charge < -0.3 is 10.1 Å². The lowest BCUT2D eigenvalue weighted by Crippen LogP contribution is -2.42. The van der Waals surface area contributed by atoms with Gasteiger partial charge in [-0.15, -0.1) is 0 Å². The van der Waals surface area contributed by atoms with Crippen LogP contribution in [-0.4, -0.2) is 29.2 Å². The number of carbonyl (C=O) groups is 1. The molecule has 0 aromatic carbocycles. The van der Waals surface area contributed by atoms with Crippen molar-refractivity contribution in [2.45, 2.75) is 45.5 Å². The number of carbonyl (C=O) groups excluding carboxylic acids is 1. The summed E-state index contributed by atoms with van der Waals surface area (Å²) in [6, 6.07) is -0.552. The van der Waals surface area contributed by atoms with E-state index in [9.17, 15) is 9.18 Å². The fourth-order valence-corrected chi connectivity index (χ4v) is 1.28. The molecular weight excluding hydrogens is 253 g/mol. The van der Waals surface area contributed by atoms with E-state index in [1.54, 1.807) is 27.7 Å². The third kappa shape index (κ3) is 6.18. The molecule has 0 fully saturated rings. The van der Waals surface area contributed by atoms with E-state index in [4.69, 9.17) is 4.74 Å². The fraction of sp³-hybridized carbons (Fsp3) is 0.889. The minimum Gasteiger partial charge on any atom is -0.444 e. The van der Waals surface area contributed by atoms with Crippen LogP contribution in [0.15, 0.2) is 0 Å². The summed E-state index contributed by atoms with van der Waals surface area (Å²) in [6.07, 6.45) is -1.70. The highest BCUT2D eigenvalue weighted by molar-refractivity contribution is 9.09. The summed E-state index contributed by atoms with van der Waals surface area (Å²) in [5, 5.41) is 2.62. The maximum Gasteiger partial charge on any atom is 0.407 e. The minimum absolute atomic E-state index is 0.198. The van der Waals surface area contributed by atoms with Gasteiger partial charge in [-0.1, -0.05) is 15.9 Å². The number of alkyl halides is 2. The molecule has 3 nitrogen and oxygen atoms in total. The number of hydrogen-bond acceptors (Lipinski definition) is 2. The van der Waals surface area contributed by atoms with E-state index < -0.39 is 23.9 Å². The average molecular weight is 270 g/mol. The van der Waals surface area contributed by atoms with E-state index in [1.807, 2.05) is 0 Å². The number of nitrogens with one attached hydrogen (secondary N) is 1. The van der Waals surface area contributed by atoms with Gasteiger partial charge in [0.2, 0.25) is 0 Å². The van der Waals surface area contributed by atoms with Gasteiger partial charge in [-0.25, -0.2) is 9.18 Å². The molecule has 0 saturated heterocycles. The molecule has 0 heterocycles. The third-order valence-corrected chi connectivity index (χ3v) is 2.05. The second kappa shape index (κ2) is 5.53. The van der Waals surface area contributed by atoms with Crippen molar-refractivity contribution >= 4 is 22.0 Å². The predicted molar refractivity (Wildman–Crippen MR) is 57.5 cm³/mol. The smallest absolute Gasteiger partial charge is 0.407 e. The lowest BCUT2D eigenvalue weighted by atomic mass is 10.2. The molecule has 0 saturated carbocycles. The van der Waals surface area contributed by atoms with Crippen LogP contribution in [0.4, 0.5) is 9.18 Å². The Hall–Kier alpha value is -0.320. The van der Waals surface area contributed by atoms with Gasteiger partial charge >= 0.3 is 6.09 Å². The molecule has 0 rings (SSSR count). The van der Waals surface area contributed by atoms with Crippen molar-refractivity contribution in [2.75, 3.05) is 5.33 Å². The van der Waals surface area contributed by atoms with E-state index in [1.165, 1.54) is 0 Å². The molecule has 1 amide bonds. The molecule has 0 bridgehead atoms. The molecule has 5 heteroatoms. The van der Waals surface area contributed by atoms with Crippen molar-refractivity contribution in [1.29, 1.82) is 0 Å². The molecule has 0 aliphatic heterocycles. The first-order valence-electron chi connectivity index (χ1n) is 4.46. The molecule has 1 N–H and O–H groups in total. The molecule has 84 valence electrons. The third-order valence-electron chi connectivity index (χ3n) is 1.43. The van der Waals surface area contributed by atoms with Gasteiger partial charge in [-0.3, -0.25) is 0 Å². The number of alkyl carbamates (subject to hydrolysis) is 1. The van der Waals surface area contributed by atoms with E-state index in [-0.39, 0.29) is 5.33 Å². The van der Waals surface area contributed by atoms with Crippen molar-refractivity contribution in [1.82, 2.24) is 5.32 Å². The normalized spacial score (nSPS) is 15.9. The molecular formula is C9H17BrFNO2. The molecule has 2 unspecified atom stereocenters. The Kier molecular flexibility index (Phi) is 5.41. The molecule has 0 aromatic rings. The van der Waals surface area contributed by atoms with Crippen LogP contribution in [0.3, 0.4) is 0 Å². The Bertz CT molecular complexity index is 194. The van der Waals surface area contributed by atoms with E-state index >= 15 is 0 Å². The summed E-state index contributed by atoms with van der Waals surface area (Å²) in [7, 11) is 0. The van der Waals surface area contributed by atoms with Gasteiger partial charge in [0.05, 0.1) is 6.04 Å². The number of ether oxygens (including phenoxy) is 1. The van der Waals surface area contributed by atoms with Crippen LogP contribution in [0, 0.1) is 0 Å². The van der Waals surface area contributed by atoms with Gasteiger partial charge in [0.15, 0.2) is 0 Å². The molecule has 0 aliphatic carbocycles. The fourth-order valence-electron chi connectivity index (χ4n) is 0.718. The molecule has 0 aromatic heterocycles. The predicted octanol–water partition coefficient (Wildman–Crippen LogP) is 2.63. The Morgan fingerprint density at radius 3 is 2.43 bits per heavy atom. The number of hydrogen-bond donors (Lipinski definition) is 1. The van der Waals surface area contributed by atoms with Crippen LogP contribution in [0.2, 0.25) is 0 Å². The Labute approximate surface area is 92.5 Å². The van der Waals surface area contributed by atoms with Crippen molar-refractivity contribution in [2.24, 2.45) is 0 Å². The van der Waals surface area contributed by atoms with Crippen LogP contribution >= 0.6 is 15.9 Å². The van der Waals surface area contributed by atoms with Crippen LogP contribution in [-0.2, 0) is 4.74 Å². The lowest BCUT2D eigenvalue weighted by Gasteiger charge is -2.22. The van der Waals surface area contributed by atoms with Gasteiger partial charge in [0, 0.05) is 5.33 Å².